The molecule has 0 aliphatic carbocycles. The van der Waals surface area contributed by atoms with Crippen molar-refractivity contribution in [3.05, 3.63) is 0 Å². The maximum atomic E-state index is 9.52. The van der Waals surface area contributed by atoms with E-state index in [1.165, 1.54) is 0 Å². The van der Waals surface area contributed by atoms with Crippen LogP contribution in [0.5, 0.6) is 0 Å². The van der Waals surface area contributed by atoms with Gasteiger partial charge in [0.2, 0.25) is 11.9 Å². The van der Waals surface area contributed by atoms with Gasteiger partial charge in [-0.05, 0) is 0 Å². The van der Waals surface area contributed by atoms with Gasteiger partial charge in [0.1, 0.15) is 12.2 Å². The summed E-state index contributed by atoms with van der Waals surface area (Å²) >= 11 is 0. The molecule has 1 aliphatic rings. The van der Waals surface area contributed by atoms with Gasteiger partial charge in [0, 0.05) is 0 Å². The third kappa shape index (κ3) is 1.42. The Bertz CT molecular complexity index is 220. The molecule has 0 radical (unpaired) electrons. The van der Waals surface area contributed by atoms with Crippen LogP contribution in [0.25, 0.3) is 0 Å². The fraction of sp³-hybridized carbons (Fsp3) is 0.714. The van der Waals surface area contributed by atoms with Crippen LogP contribution in [0.3, 0.4) is 0 Å². The van der Waals surface area contributed by atoms with Crippen LogP contribution in [-0.2, 0) is 9.62 Å². The van der Waals surface area contributed by atoms with Crippen molar-refractivity contribution >= 4 is 0 Å². The molecule has 0 aromatic heterocycles. The molecule has 0 aromatic carbocycles. The number of terminal acetylenes is 1. The molecule has 0 amide bonds. The summed E-state index contributed by atoms with van der Waals surface area (Å²) < 4.78 is 4.71. The molecule has 6 nitrogen and oxygen atoms in total. The normalized spacial score (nSPS) is 44.7. The van der Waals surface area contributed by atoms with E-state index < -0.39 is 30.7 Å². The third-order valence-electron chi connectivity index (χ3n) is 1.97. The van der Waals surface area contributed by atoms with Crippen LogP contribution in [0.4, 0.5) is 0 Å². The first kappa shape index (κ1) is 10.4. The molecule has 0 spiro atoms. The van der Waals surface area contributed by atoms with E-state index in [0.717, 1.165) is 0 Å². The zero-order valence-electron chi connectivity index (χ0n) is 6.62. The molecule has 13 heavy (non-hydrogen) atoms. The number of aliphatic hydroxyl groups is 3. The van der Waals surface area contributed by atoms with Gasteiger partial charge in [-0.3, -0.25) is 0 Å². The van der Waals surface area contributed by atoms with Crippen molar-refractivity contribution in [1.82, 2.24) is 0 Å². The predicted molar refractivity (Wildman–Crippen MR) is 39.3 cm³/mol. The molecule has 0 saturated carbocycles. The van der Waals surface area contributed by atoms with Gasteiger partial charge in [-0.1, -0.05) is 5.92 Å². The van der Waals surface area contributed by atoms with Crippen LogP contribution in [0, 0.1) is 12.3 Å². The maximum absolute atomic E-state index is 9.52. The molecule has 0 aromatic rings. The first-order chi connectivity index (χ1) is 6.10. The second-order valence-corrected chi connectivity index (χ2v) is 2.71. The van der Waals surface area contributed by atoms with Crippen molar-refractivity contribution in [2.24, 2.45) is 0 Å². The van der Waals surface area contributed by atoms with Gasteiger partial charge in [-0.2, -0.15) is 0 Å². The molecule has 1 unspecified atom stereocenters. The Kier molecular flexibility index (Phi) is 2.87. The summed E-state index contributed by atoms with van der Waals surface area (Å²) in [4.78, 5) is 3.73. The molecule has 1 heterocycles. The van der Waals surface area contributed by atoms with Gasteiger partial charge in [0.25, 0.3) is 0 Å². The number of rotatable bonds is 2. The Morgan fingerprint density at radius 2 is 2.23 bits per heavy atom. The molecular weight excluding hydrogens is 180 g/mol. The second-order valence-electron chi connectivity index (χ2n) is 2.71. The van der Waals surface area contributed by atoms with Crippen LogP contribution >= 0.6 is 0 Å². The number of ether oxygens (including phenoxy) is 1. The summed E-state index contributed by atoms with van der Waals surface area (Å²) in [5.74, 6) is 1.84. The second kappa shape index (κ2) is 3.59. The van der Waals surface area contributed by atoms with Gasteiger partial charge in [0.15, 0.2) is 0 Å². The average molecular weight is 190 g/mol. The molecule has 1 saturated heterocycles. The lowest BCUT2D eigenvalue weighted by molar-refractivity contribution is -0.363. The van der Waals surface area contributed by atoms with E-state index in [9.17, 15) is 10.2 Å². The lowest BCUT2D eigenvalue weighted by atomic mass is 9.96. The largest absolute Gasteiger partial charge is 0.394 e. The van der Waals surface area contributed by atoms with E-state index in [4.69, 9.17) is 21.5 Å². The van der Waals surface area contributed by atoms with Crippen molar-refractivity contribution in [2.75, 3.05) is 6.61 Å². The molecule has 1 rings (SSSR count). The van der Waals surface area contributed by atoms with Crippen LogP contribution in [0.1, 0.15) is 0 Å². The van der Waals surface area contributed by atoms with E-state index in [0.29, 0.717) is 0 Å². The third-order valence-corrected chi connectivity index (χ3v) is 1.97. The lowest BCUT2D eigenvalue weighted by Crippen LogP contribution is -2.48. The van der Waals surface area contributed by atoms with Crippen molar-refractivity contribution in [3.8, 4) is 12.3 Å². The monoisotopic (exact) mass is 190 g/mol. The number of aliphatic hydroxyl groups excluding tert-OH is 2. The minimum Gasteiger partial charge on any atom is -0.394 e. The minimum absolute atomic E-state index is 0.537. The quantitative estimate of drug-likeness (QED) is 0.226. The van der Waals surface area contributed by atoms with E-state index >= 15 is 0 Å². The van der Waals surface area contributed by atoms with Crippen LogP contribution < -0.4 is 0 Å². The van der Waals surface area contributed by atoms with Crippen molar-refractivity contribution in [1.29, 1.82) is 0 Å². The van der Waals surface area contributed by atoms with Crippen LogP contribution in [0.15, 0.2) is 0 Å². The smallest absolute Gasteiger partial charge is 0.234 e. The van der Waals surface area contributed by atoms with Gasteiger partial charge in [-0.15, -0.1) is 6.42 Å². The number of hydrogen-bond acceptors (Lipinski definition) is 6. The first-order valence-corrected chi connectivity index (χ1v) is 3.55. The highest BCUT2D eigenvalue weighted by atomic mass is 17.1. The molecule has 4 atom stereocenters. The standard InChI is InChI=1S/C7H10O6/c1-2-7(10)5(9)4(3-8)12-6(7)13-11/h1,4-6,8-11H,3H2/t4-,5-,6?,7-/m0/s1. The zero-order chi connectivity index (χ0) is 10.1. The van der Waals surface area contributed by atoms with Crippen LogP contribution in [-0.4, -0.2) is 51.3 Å². The Morgan fingerprint density at radius 1 is 1.62 bits per heavy atom. The summed E-state index contributed by atoms with van der Waals surface area (Å²) in [5.41, 5.74) is -2.14. The summed E-state index contributed by atoms with van der Waals surface area (Å²) in [6.07, 6.45) is 0.806. The first-order valence-electron chi connectivity index (χ1n) is 3.55. The van der Waals surface area contributed by atoms with E-state index in [-0.39, 0.29) is 0 Å². The van der Waals surface area contributed by atoms with Crippen molar-refractivity contribution < 1.29 is 30.2 Å². The number of hydrogen-bond donors (Lipinski definition) is 4. The van der Waals surface area contributed by atoms with E-state index in [1.54, 1.807) is 0 Å². The van der Waals surface area contributed by atoms with E-state index in [1.807, 2.05) is 5.92 Å². The zero-order valence-corrected chi connectivity index (χ0v) is 6.62. The summed E-state index contributed by atoms with van der Waals surface area (Å²) in [5, 5.41) is 35.8. The van der Waals surface area contributed by atoms with Crippen molar-refractivity contribution in [2.45, 2.75) is 24.1 Å². The minimum atomic E-state index is -2.14. The SMILES string of the molecule is C#C[C@@]1(O)C(OO)O[C@@H](CO)[C@@H]1O. The molecule has 74 valence electrons. The van der Waals surface area contributed by atoms with Gasteiger partial charge >= 0.3 is 0 Å². The molecule has 0 bridgehead atoms. The molecule has 4 N–H and O–H groups in total. The molecule has 6 heteroatoms. The fourth-order valence-corrected chi connectivity index (χ4v) is 1.16. The molecule has 1 aliphatic heterocycles. The predicted octanol–water partition coefficient (Wildman–Crippen LogP) is -2.08. The van der Waals surface area contributed by atoms with E-state index in [2.05, 4.69) is 4.89 Å². The topological polar surface area (TPSA) is 99.4 Å². The summed E-state index contributed by atoms with van der Waals surface area (Å²) in [6.45, 7) is -0.537. The fourth-order valence-electron chi connectivity index (χ4n) is 1.16. The summed E-state index contributed by atoms with van der Waals surface area (Å²) in [7, 11) is 0. The Labute approximate surface area is 74.3 Å². The van der Waals surface area contributed by atoms with Gasteiger partial charge in [-0.25, -0.2) is 10.1 Å². The van der Waals surface area contributed by atoms with Gasteiger partial charge < -0.3 is 20.1 Å². The van der Waals surface area contributed by atoms with Crippen LogP contribution in [0.2, 0.25) is 0 Å². The molecular formula is C7H10O6. The maximum Gasteiger partial charge on any atom is 0.234 e. The highest BCUT2D eigenvalue weighted by Crippen LogP contribution is 2.30. The van der Waals surface area contributed by atoms with Crippen molar-refractivity contribution in [3.63, 3.8) is 0 Å². The highest BCUT2D eigenvalue weighted by Gasteiger charge is 2.55. The average Bonchev–Trinajstić information content (AvgIpc) is 2.41. The highest BCUT2D eigenvalue weighted by molar-refractivity contribution is 5.18. The Balaban J connectivity index is 2.88. The summed E-state index contributed by atoms with van der Waals surface area (Å²) in [6, 6.07) is 0. The van der Waals surface area contributed by atoms with Gasteiger partial charge in [0.05, 0.1) is 6.61 Å². The Hall–Kier alpha value is -0.680. The molecule has 1 fully saturated rings. The lowest BCUT2D eigenvalue weighted by Gasteiger charge is -2.22. The Morgan fingerprint density at radius 3 is 2.54 bits per heavy atom.